The number of hydrogen-bond donors (Lipinski definition) is 0. The molecule has 138 valence electrons. The highest BCUT2D eigenvalue weighted by atomic mass is 35.5. The van der Waals surface area contributed by atoms with Gasteiger partial charge in [-0.1, -0.05) is 41.9 Å². The first-order valence-corrected chi connectivity index (χ1v) is 9.54. The van der Waals surface area contributed by atoms with E-state index in [2.05, 4.69) is 9.88 Å². The second-order valence-corrected chi connectivity index (χ2v) is 6.83. The summed E-state index contributed by atoms with van der Waals surface area (Å²) in [6, 6.07) is 9.86. The number of aromatic nitrogens is 2. The minimum absolute atomic E-state index is 0.155. The van der Waals surface area contributed by atoms with Gasteiger partial charge in [0.05, 0.1) is 16.9 Å². The van der Waals surface area contributed by atoms with Crippen LogP contribution in [0, 0.1) is 0 Å². The zero-order valence-corrected chi connectivity index (χ0v) is 16.1. The van der Waals surface area contributed by atoms with Crippen LogP contribution in [0.1, 0.15) is 25.1 Å². The number of rotatable bonds is 4. The van der Waals surface area contributed by atoms with Crippen LogP contribution in [0.2, 0.25) is 5.02 Å². The lowest BCUT2D eigenvalue weighted by atomic mass is 9.93. The SMILES string of the molecule is CCN(CC)c1c2c(oc(=O)c1Cl)-c1cnc(-c3ccccc3)nc1CC2. The van der Waals surface area contributed by atoms with Gasteiger partial charge in [-0.15, -0.1) is 0 Å². The lowest BCUT2D eigenvalue weighted by Crippen LogP contribution is -2.27. The number of hydrogen-bond acceptors (Lipinski definition) is 5. The molecule has 0 atom stereocenters. The summed E-state index contributed by atoms with van der Waals surface area (Å²) >= 11 is 6.34. The topological polar surface area (TPSA) is 59.2 Å². The summed E-state index contributed by atoms with van der Waals surface area (Å²) < 4.78 is 5.59. The van der Waals surface area contributed by atoms with E-state index >= 15 is 0 Å². The maximum Gasteiger partial charge on any atom is 0.357 e. The fourth-order valence-electron chi connectivity index (χ4n) is 3.62. The van der Waals surface area contributed by atoms with Gasteiger partial charge in [0.25, 0.3) is 0 Å². The zero-order chi connectivity index (χ0) is 19.0. The summed E-state index contributed by atoms with van der Waals surface area (Å²) in [6.07, 6.45) is 3.23. The van der Waals surface area contributed by atoms with E-state index in [1.807, 2.05) is 44.2 Å². The monoisotopic (exact) mass is 381 g/mol. The van der Waals surface area contributed by atoms with Crippen molar-refractivity contribution in [2.24, 2.45) is 0 Å². The number of aryl methyl sites for hydroxylation is 1. The Labute approximate surface area is 162 Å². The van der Waals surface area contributed by atoms with Crippen molar-refractivity contribution in [3.05, 3.63) is 63.2 Å². The first-order valence-electron chi connectivity index (χ1n) is 9.16. The van der Waals surface area contributed by atoms with E-state index in [-0.39, 0.29) is 5.02 Å². The molecule has 0 saturated carbocycles. The van der Waals surface area contributed by atoms with Crippen LogP contribution >= 0.6 is 11.6 Å². The third kappa shape index (κ3) is 3.02. The fourth-order valence-corrected chi connectivity index (χ4v) is 3.89. The standard InChI is InChI=1S/C21H20ClN3O2/c1-3-25(4-2)18-14-10-11-16-15(19(14)27-21(26)17(18)22)12-23-20(24-16)13-8-6-5-7-9-13/h5-9,12H,3-4,10-11H2,1-2H3. The van der Waals surface area contributed by atoms with Gasteiger partial charge < -0.3 is 9.32 Å². The molecule has 0 spiro atoms. The van der Waals surface area contributed by atoms with Gasteiger partial charge in [0.1, 0.15) is 10.8 Å². The summed E-state index contributed by atoms with van der Waals surface area (Å²) in [5, 5.41) is 0.155. The molecular formula is C21H20ClN3O2. The molecule has 0 unspecified atom stereocenters. The van der Waals surface area contributed by atoms with Crippen LogP contribution in [0.5, 0.6) is 0 Å². The molecule has 0 amide bonds. The van der Waals surface area contributed by atoms with E-state index in [4.69, 9.17) is 21.0 Å². The molecular weight excluding hydrogens is 362 g/mol. The molecule has 0 bridgehead atoms. The molecule has 0 N–H and O–H groups in total. The second-order valence-electron chi connectivity index (χ2n) is 6.45. The highest BCUT2D eigenvalue weighted by Crippen LogP contribution is 2.40. The normalized spacial score (nSPS) is 12.4. The Hall–Kier alpha value is -2.66. The van der Waals surface area contributed by atoms with Crippen molar-refractivity contribution >= 4 is 17.3 Å². The predicted molar refractivity (Wildman–Crippen MR) is 107 cm³/mol. The Morgan fingerprint density at radius 1 is 1.15 bits per heavy atom. The molecule has 5 nitrogen and oxygen atoms in total. The van der Waals surface area contributed by atoms with Gasteiger partial charge in [-0.25, -0.2) is 14.8 Å². The molecule has 0 radical (unpaired) electrons. The molecule has 1 aliphatic rings. The zero-order valence-electron chi connectivity index (χ0n) is 15.3. The molecule has 6 heteroatoms. The van der Waals surface area contributed by atoms with Crippen molar-refractivity contribution < 1.29 is 4.42 Å². The van der Waals surface area contributed by atoms with Crippen LogP contribution < -0.4 is 10.5 Å². The quantitative estimate of drug-likeness (QED) is 0.671. The first-order chi connectivity index (χ1) is 13.1. The predicted octanol–water partition coefficient (Wildman–Crippen LogP) is 4.36. The Kier molecular flexibility index (Phi) is 4.70. The highest BCUT2D eigenvalue weighted by molar-refractivity contribution is 6.33. The van der Waals surface area contributed by atoms with Crippen LogP contribution in [0.3, 0.4) is 0 Å². The summed E-state index contributed by atoms with van der Waals surface area (Å²) in [5.74, 6) is 1.23. The second kappa shape index (κ2) is 7.16. The molecule has 4 rings (SSSR count). The Morgan fingerprint density at radius 3 is 2.59 bits per heavy atom. The van der Waals surface area contributed by atoms with E-state index in [0.29, 0.717) is 11.6 Å². The maximum atomic E-state index is 12.4. The van der Waals surface area contributed by atoms with E-state index in [0.717, 1.165) is 54.0 Å². The third-order valence-corrected chi connectivity index (χ3v) is 5.31. The van der Waals surface area contributed by atoms with E-state index in [1.165, 1.54) is 0 Å². The third-order valence-electron chi connectivity index (χ3n) is 4.98. The smallest absolute Gasteiger partial charge is 0.357 e. The summed E-state index contributed by atoms with van der Waals surface area (Å²) in [6.45, 7) is 5.63. The molecule has 0 saturated heterocycles. The molecule has 0 aliphatic heterocycles. The van der Waals surface area contributed by atoms with E-state index in [9.17, 15) is 4.79 Å². The van der Waals surface area contributed by atoms with E-state index < -0.39 is 5.63 Å². The van der Waals surface area contributed by atoms with Gasteiger partial charge in [0, 0.05) is 30.4 Å². The van der Waals surface area contributed by atoms with E-state index in [1.54, 1.807) is 6.20 Å². The lowest BCUT2D eigenvalue weighted by Gasteiger charge is -2.28. The van der Waals surface area contributed by atoms with Crippen molar-refractivity contribution in [3.8, 4) is 22.7 Å². The van der Waals surface area contributed by atoms with Gasteiger partial charge in [0.2, 0.25) is 0 Å². The Balaban J connectivity index is 1.88. The number of nitrogens with zero attached hydrogens (tertiary/aromatic N) is 3. The molecule has 0 fully saturated rings. The maximum absolute atomic E-state index is 12.4. The first kappa shape index (κ1) is 17.7. The average molecular weight is 382 g/mol. The molecule has 2 aromatic heterocycles. The van der Waals surface area contributed by atoms with Gasteiger partial charge in [-0.05, 0) is 26.7 Å². The highest BCUT2D eigenvalue weighted by Gasteiger charge is 2.28. The van der Waals surface area contributed by atoms with Crippen molar-refractivity contribution in [2.75, 3.05) is 18.0 Å². The molecule has 1 aliphatic carbocycles. The van der Waals surface area contributed by atoms with Gasteiger partial charge >= 0.3 is 5.63 Å². The molecule has 3 aromatic rings. The average Bonchev–Trinajstić information content (AvgIpc) is 2.71. The van der Waals surface area contributed by atoms with Crippen LogP contribution in [0.4, 0.5) is 5.69 Å². The molecule has 2 heterocycles. The Bertz CT molecular complexity index is 1040. The van der Waals surface area contributed by atoms with Crippen LogP contribution in [0.25, 0.3) is 22.7 Å². The number of fused-ring (bicyclic) bond motifs is 3. The van der Waals surface area contributed by atoms with Crippen molar-refractivity contribution in [2.45, 2.75) is 26.7 Å². The lowest BCUT2D eigenvalue weighted by molar-refractivity contribution is 0.513. The fraction of sp³-hybridized carbons (Fsp3) is 0.286. The van der Waals surface area contributed by atoms with Gasteiger partial charge in [-0.3, -0.25) is 0 Å². The minimum Gasteiger partial charge on any atom is -0.421 e. The summed E-state index contributed by atoms with van der Waals surface area (Å²) in [7, 11) is 0. The van der Waals surface area contributed by atoms with Crippen LogP contribution in [0.15, 0.2) is 45.7 Å². The van der Waals surface area contributed by atoms with Crippen LogP contribution in [-0.4, -0.2) is 23.1 Å². The largest absolute Gasteiger partial charge is 0.421 e. The van der Waals surface area contributed by atoms with Crippen molar-refractivity contribution in [1.82, 2.24) is 9.97 Å². The number of anilines is 1. The van der Waals surface area contributed by atoms with Gasteiger partial charge in [-0.2, -0.15) is 0 Å². The van der Waals surface area contributed by atoms with Crippen LogP contribution in [-0.2, 0) is 12.8 Å². The van der Waals surface area contributed by atoms with Gasteiger partial charge in [0.15, 0.2) is 5.82 Å². The molecule has 1 aromatic carbocycles. The summed E-state index contributed by atoms with van der Waals surface area (Å²) in [4.78, 5) is 23.7. The van der Waals surface area contributed by atoms with Crippen molar-refractivity contribution in [3.63, 3.8) is 0 Å². The summed E-state index contributed by atoms with van der Waals surface area (Å²) in [5.41, 5.74) is 3.87. The number of benzene rings is 1. The molecule has 27 heavy (non-hydrogen) atoms. The Morgan fingerprint density at radius 2 is 1.89 bits per heavy atom. The van der Waals surface area contributed by atoms with Crippen molar-refractivity contribution in [1.29, 1.82) is 0 Å². The number of halogens is 1. The minimum atomic E-state index is -0.516.